The third kappa shape index (κ3) is 3.02. The Morgan fingerprint density at radius 3 is 2.87 bits per heavy atom. The van der Waals surface area contributed by atoms with E-state index in [-0.39, 0.29) is 0 Å². The summed E-state index contributed by atoms with van der Waals surface area (Å²) in [5.41, 5.74) is 1.80. The fourth-order valence-corrected chi connectivity index (χ4v) is 2.43. The molecular weight excluding hydrogens is 252 g/mol. The summed E-state index contributed by atoms with van der Waals surface area (Å²) in [5.74, 6) is 0. The maximum Gasteiger partial charge on any atom is 0.0410 e. The largest absolute Gasteiger partial charge is 0.312 e. The maximum absolute atomic E-state index is 4.15. The van der Waals surface area contributed by atoms with Gasteiger partial charge >= 0.3 is 0 Å². The monoisotopic (exact) mass is 268 g/mol. The summed E-state index contributed by atoms with van der Waals surface area (Å²) in [6, 6.07) is 2.11. The Hall–Kier alpha value is -0.410. The van der Waals surface area contributed by atoms with E-state index in [1.807, 2.05) is 12.4 Å². The van der Waals surface area contributed by atoms with Crippen molar-refractivity contribution in [1.82, 2.24) is 10.3 Å². The molecule has 82 valence electrons. The van der Waals surface area contributed by atoms with E-state index in [2.05, 4.69) is 39.2 Å². The van der Waals surface area contributed by atoms with Crippen LogP contribution in [-0.2, 0) is 6.54 Å². The molecule has 15 heavy (non-hydrogen) atoms. The van der Waals surface area contributed by atoms with E-state index < -0.39 is 0 Å². The van der Waals surface area contributed by atoms with Gasteiger partial charge in [-0.3, -0.25) is 4.98 Å². The van der Waals surface area contributed by atoms with E-state index in [1.165, 1.54) is 24.8 Å². The van der Waals surface area contributed by atoms with Gasteiger partial charge < -0.3 is 5.32 Å². The first kappa shape index (κ1) is 11.1. The summed E-state index contributed by atoms with van der Waals surface area (Å²) in [6.45, 7) is 4.41. The summed E-state index contributed by atoms with van der Waals surface area (Å²) in [4.78, 5) is 4.15. The van der Waals surface area contributed by atoms with E-state index in [4.69, 9.17) is 0 Å². The highest BCUT2D eigenvalue weighted by Crippen LogP contribution is 2.39. The first-order valence-corrected chi connectivity index (χ1v) is 6.27. The number of rotatable bonds is 4. The van der Waals surface area contributed by atoms with Crippen LogP contribution in [-0.4, -0.2) is 11.5 Å². The van der Waals surface area contributed by atoms with Crippen LogP contribution in [0.15, 0.2) is 22.9 Å². The van der Waals surface area contributed by atoms with Crippen LogP contribution in [0.2, 0.25) is 0 Å². The summed E-state index contributed by atoms with van der Waals surface area (Å²) in [6.07, 6.45) is 7.88. The molecule has 0 atom stereocenters. The third-order valence-corrected chi connectivity index (χ3v) is 3.64. The minimum absolute atomic E-state index is 0.555. The summed E-state index contributed by atoms with van der Waals surface area (Å²) in [5, 5.41) is 3.51. The van der Waals surface area contributed by atoms with Gasteiger partial charge in [0.15, 0.2) is 0 Å². The molecule has 0 radical (unpaired) electrons. The first-order chi connectivity index (χ1) is 7.18. The second-order valence-electron chi connectivity index (χ2n) is 4.78. The Balaban J connectivity index is 1.78. The minimum atomic E-state index is 0.555. The van der Waals surface area contributed by atoms with Crippen LogP contribution in [0.25, 0.3) is 0 Å². The van der Waals surface area contributed by atoms with Crippen LogP contribution in [0.5, 0.6) is 0 Å². The number of nitrogens with one attached hydrogen (secondary N) is 1. The van der Waals surface area contributed by atoms with Crippen molar-refractivity contribution in [3.8, 4) is 0 Å². The lowest BCUT2D eigenvalue weighted by Gasteiger charge is -2.38. The first-order valence-electron chi connectivity index (χ1n) is 5.48. The van der Waals surface area contributed by atoms with Gasteiger partial charge in [-0.05, 0) is 45.8 Å². The molecule has 1 aromatic heterocycles. The van der Waals surface area contributed by atoms with Crippen molar-refractivity contribution in [3.63, 3.8) is 0 Å². The van der Waals surface area contributed by atoms with Crippen molar-refractivity contribution in [2.75, 3.05) is 6.54 Å². The zero-order valence-electron chi connectivity index (χ0n) is 9.09. The number of hydrogen-bond acceptors (Lipinski definition) is 2. The van der Waals surface area contributed by atoms with Crippen molar-refractivity contribution in [2.24, 2.45) is 5.41 Å². The molecule has 0 bridgehead atoms. The van der Waals surface area contributed by atoms with E-state index in [9.17, 15) is 0 Å². The fraction of sp³-hybridized carbons (Fsp3) is 0.583. The van der Waals surface area contributed by atoms with Crippen molar-refractivity contribution >= 4 is 15.9 Å². The van der Waals surface area contributed by atoms with Crippen LogP contribution in [0.3, 0.4) is 0 Å². The zero-order chi connectivity index (χ0) is 10.7. The Morgan fingerprint density at radius 1 is 1.47 bits per heavy atom. The van der Waals surface area contributed by atoms with Gasteiger partial charge in [0.2, 0.25) is 0 Å². The number of hydrogen-bond donors (Lipinski definition) is 1. The molecule has 2 nitrogen and oxygen atoms in total. The molecular formula is C12H17BrN2. The van der Waals surface area contributed by atoms with Gasteiger partial charge in [-0.2, -0.15) is 0 Å². The molecule has 1 aliphatic rings. The second-order valence-corrected chi connectivity index (χ2v) is 5.69. The molecule has 0 saturated heterocycles. The zero-order valence-corrected chi connectivity index (χ0v) is 10.7. The van der Waals surface area contributed by atoms with E-state index in [0.29, 0.717) is 5.41 Å². The molecule has 0 unspecified atom stereocenters. The predicted molar refractivity (Wildman–Crippen MR) is 65.6 cm³/mol. The molecule has 1 N–H and O–H groups in total. The molecule has 1 aromatic rings. The van der Waals surface area contributed by atoms with Gasteiger partial charge in [0.25, 0.3) is 0 Å². The second kappa shape index (κ2) is 4.62. The molecule has 0 aliphatic heterocycles. The number of aromatic nitrogens is 1. The van der Waals surface area contributed by atoms with Crippen molar-refractivity contribution in [2.45, 2.75) is 32.7 Å². The summed E-state index contributed by atoms with van der Waals surface area (Å²) >= 11 is 3.43. The Labute approximate surface area is 99.6 Å². The fourth-order valence-electron chi connectivity index (χ4n) is 2.02. The third-order valence-electron chi connectivity index (χ3n) is 3.20. The van der Waals surface area contributed by atoms with Gasteiger partial charge in [0.1, 0.15) is 0 Å². The number of nitrogens with zero attached hydrogens (tertiary/aromatic N) is 1. The quantitative estimate of drug-likeness (QED) is 0.908. The maximum atomic E-state index is 4.15. The Morgan fingerprint density at radius 2 is 2.27 bits per heavy atom. The molecule has 0 aromatic carbocycles. The Kier molecular flexibility index (Phi) is 3.42. The van der Waals surface area contributed by atoms with E-state index in [1.54, 1.807) is 0 Å². The lowest BCUT2D eigenvalue weighted by molar-refractivity contribution is 0.156. The van der Waals surface area contributed by atoms with Crippen LogP contribution in [0.1, 0.15) is 31.7 Å². The smallest absolute Gasteiger partial charge is 0.0410 e. The molecule has 1 saturated carbocycles. The molecule has 3 heteroatoms. The lowest BCUT2D eigenvalue weighted by atomic mass is 9.70. The standard InChI is InChI=1S/C12H17BrN2/c1-12(3-2-4-12)9-15-7-10-5-11(13)8-14-6-10/h5-6,8,15H,2-4,7,9H2,1H3. The van der Waals surface area contributed by atoms with Gasteiger partial charge in [0, 0.05) is 30.0 Å². The molecule has 1 heterocycles. The summed E-state index contributed by atoms with van der Waals surface area (Å²) in [7, 11) is 0. The van der Waals surface area contributed by atoms with E-state index >= 15 is 0 Å². The van der Waals surface area contributed by atoms with E-state index in [0.717, 1.165) is 17.6 Å². The van der Waals surface area contributed by atoms with Crippen LogP contribution in [0, 0.1) is 5.41 Å². The molecule has 0 amide bonds. The molecule has 0 spiro atoms. The predicted octanol–water partition coefficient (Wildman–Crippen LogP) is 3.12. The summed E-state index contributed by atoms with van der Waals surface area (Å²) < 4.78 is 1.05. The number of halogens is 1. The van der Waals surface area contributed by atoms with Crippen molar-refractivity contribution < 1.29 is 0 Å². The normalized spacial score (nSPS) is 18.5. The van der Waals surface area contributed by atoms with Gasteiger partial charge in [-0.15, -0.1) is 0 Å². The van der Waals surface area contributed by atoms with Crippen LogP contribution >= 0.6 is 15.9 Å². The average molecular weight is 269 g/mol. The lowest BCUT2D eigenvalue weighted by Crippen LogP contribution is -2.36. The SMILES string of the molecule is CC1(CNCc2cncc(Br)c2)CCC1. The van der Waals surface area contributed by atoms with Gasteiger partial charge in [-0.1, -0.05) is 13.3 Å². The van der Waals surface area contributed by atoms with Gasteiger partial charge in [-0.25, -0.2) is 0 Å². The topological polar surface area (TPSA) is 24.9 Å². The number of pyridine rings is 1. The van der Waals surface area contributed by atoms with Crippen molar-refractivity contribution in [1.29, 1.82) is 0 Å². The molecule has 2 rings (SSSR count). The highest BCUT2D eigenvalue weighted by molar-refractivity contribution is 9.10. The molecule has 1 aliphatic carbocycles. The average Bonchev–Trinajstić information content (AvgIpc) is 2.15. The Bertz CT molecular complexity index is 334. The van der Waals surface area contributed by atoms with Crippen LogP contribution in [0.4, 0.5) is 0 Å². The highest BCUT2D eigenvalue weighted by atomic mass is 79.9. The minimum Gasteiger partial charge on any atom is -0.312 e. The van der Waals surface area contributed by atoms with Crippen molar-refractivity contribution in [3.05, 3.63) is 28.5 Å². The van der Waals surface area contributed by atoms with Crippen LogP contribution < -0.4 is 5.32 Å². The highest BCUT2D eigenvalue weighted by Gasteiger charge is 2.30. The van der Waals surface area contributed by atoms with Gasteiger partial charge in [0.05, 0.1) is 0 Å². The molecule has 1 fully saturated rings.